The van der Waals surface area contributed by atoms with Gasteiger partial charge in [0.25, 0.3) is 0 Å². The Bertz CT molecular complexity index is 642. The van der Waals surface area contributed by atoms with E-state index < -0.39 is 6.10 Å². The van der Waals surface area contributed by atoms with Crippen molar-refractivity contribution in [1.29, 1.82) is 0 Å². The van der Waals surface area contributed by atoms with Crippen LogP contribution in [0.1, 0.15) is 66.4 Å². The van der Waals surface area contributed by atoms with Crippen molar-refractivity contribution in [2.24, 2.45) is 0 Å². The van der Waals surface area contributed by atoms with E-state index in [1.54, 1.807) is 6.07 Å². The molecule has 0 spiro atoms. The van der Waals surface area contributed by atoms with Crippen LogP contribution in [0.25, 0.3) is 0 Å². The van der Waals surface area contributed by atoms with Crippen LogP contribution in [0.3, 0.4) is 0 Å². The van der Waals surface area contributed by atoms with Crippen LogP contribution in [0.4, 0.5) is 0 Å². The van der Waals surface area contributed by atoms with Crippen LogP contribution in [0, 0.1) is 0 Å². The van der Waals surface area contributed by atoms with Gasteiger partial charge in [-0.05, 0) is 29.3 Å². The molecule has 0 aliphatic carbocycles. The number of benzene rings is 1. The van der Waals surface area contributed by atoms with Crippen LogP contribution in [-0.2, 0) is 9.53 Å². The molecule has 0 aliphatic heterocycles. The molecule has 122 valence electrons. The van der Waals surface area contributed by atoms with Gasteiger partial charge in [0.05, 0.1) is 4.88 Å². The average molecular weight is 330 g/mol. The van der Waals surface area contributed by atoms with Crippen LogP contribution < -0.4 is 0 Å². The number of thiophene rings is 1. The van der Waals surface area contributed by atoms with Gasteiger partial charge in [-0.1, -0.05) is 51.1 Å². The Kier molecular flexibility index (Phi) is 6.11. The quantitative estimate of drug-likeness (QED) is 0.521. The average Bonchev–Trinajstić information content (AvgIpc) is 3.07. The maximum Gasteiger partial charge on any atom is 0.306 e. The fourth-order valence-corrected chi connectivity index (χ4v) is 2.96. The number of rotatable bonds is 7. The van der Waals surface area contributed by atoms with E-state index in [4.69, 9.17) is 4.74 Å². The molecule has 0 bridgehead atoms. The van der Waals surface area contributed by atoms with Gasteiger partial charge in [0, 0.05) is 12.0 Å². The highest BCUT2D eigenvalue weighted by Gasteiger charge is 2.26. The Morgan fingerprint density at radius 3 is 2.26 bits per heavy atom. The fraction of sp³-hybridized carbons (Fsp3) is 0.368. The summed E-state index contributed by atoms with van der Waals surface area (Å²) in [5.41, 5.74) is 1.91. The Balaban J connectivity index is 2.28. The second-order valence-corrected chi connectivity index (χ2v) is 6.73. The first-order valence-electron chi connectivity index (χ1n) is 7.90. The highest BCUT2D eigenvalue weighted by molar-refractivity contribution is 7.12. The second kappa shape index (κ2) is 8.06. The van der Waals surface area contributed by atoms with Crippen molar-refractivity contribution in [3.8, 4) is 0 Å². The van der Waals surface area contributed by atoms with Gasteiger partial charge in [-0.25, -0.2) is 0 Å². The number of esters is 1. The van der Waals surface area contributed by atoms with Gasteiger partial charge in [0.15, 0.2) is 6.10 Å². The van der Waals surface area contributed by atoms with E-state index in [1.807, 2.05) is 42.6 Å². The summed E-state index contributed by atoms with van der Waals surface area (Å²) >= 11 is 1.36. The van der Waals surface area contributed by atoms with Gasteiger partial charge < -0.3 is 4.74 Å². The minimum atomic E-state index is -0.867. The molecule has 23 heavy (non-hydrogen) atoms. The van der Waals surface area contributed by atoms with E-state index in [0.717, 1.165) is 5.56 Å². The van der Waals surface area contributed by atoms with Crippen LogP contribution in [0.2, 0.25) is 0 Å². The molecule has 2 rings (SSSR count). The van der Waals surface area contributed by atoms with Crippen molar-refractivity contribution in [3.63, 3.8) is 0 Å². The van der Waals surface area contributed by atoms with Gasteiger partial charge in [0.1, 0.15) is 0 Å². The zero-order chi connectivity index (χ0) is 16.8. The minimum Gasteiger partial charge on any atom is -0.449 e. The molecule has 0 unspecified atom stereocenters. The third kappa shape index (κ3) is 4.52. The lowest BCUT2D eigenvalue weighted by atomic mass is 9.98. The topological polar surface area (TPSA) is 43.4 Å². The summed E-state index contributed by atoms with van der Waals surface area (Å²) in [5.74, 6) is -0.0877. The normalized spacial score (nSPS) is 12.2. The van der Waals surface area contributed by atoms with Crippen LogP contribution in [-0.4, -0.2) is 11.8 Å². The standard InChI is InChI=1S/C19H22O3S/c1-4-6-17(20)22-19(18(21)16-7-5-12-23-16)15-10-8-14(9-11-15)13(2)3/h5,7-13,19H,4,6H2,1-3H3/t19-/m0/s1. The van der Waals surface area contributed by atoms with Crippen molar-refractivity contribution in [1.82, 2.24) is 0 Å². The van der Waals surface area contributed by atoms with E-state index in [-0.39, 0.29) is 11.8 Å². The molecule has 0 fully saturated rings. The molecule has 4 heteroatoms. The Morgan fingerprint density at radius 2 is 1.74 bits per heavy atom. The number of ether oxygens (including phenoxy) is 1. The van der Waals surface area contributed by atoms with Gasteiger partial charge in [0.2, 0.25) is 5.78 Å². The molecular formula is C19H22O3S. The van der Waals surface area contributed by atoms with Gasteiger partial charge in [-0.3, -0.25) is 9.59 Å². The monoisotopic (exact) mass is 330 g/mol. The summed E-state index contributed by atoms with van der Waals surface area (Å²) in [5, 5.41) is 1.85. The number of hydrogen-bond donors (Lipinski definition) is 0. The summed E-state index contributed by atoms with van der Waals surface area (Å²) in [7, 11) is 0. The molecule has 2 aromatic rings. The van der Waals surface area contributed by atoms with Crippen molar-refractivity contribution < 1.29 is 14.3 Å². The fourth-order valence-electron chi connectivity index (χ4n) is 2.27. The first-order chi connectivity index (χ1) is 11.0. The van der Waals surface area contributed by atoms with E-state index in [1.165, 1.54) is 16.9 Å². The molecule has 1 aromatic carbocycles. The number of ketones is 1. The Hall–Kier alpha value is -1.94. The number of carbonyl (C=O) groups excluding carboxylic acids is 2. The minimum absolute atomic E-state index is 0.165. The lowest BCUT2D eigenvalue weighted by molar-refractivity contribution is -0.147. The number of Topliss-reactive ketones (excluding diaryl/α,β-unsaturated/α-hetero) is 1. The molecule has 1 atom stereocenters. The summed E-state index contributed by atoms with van der Waals surface area (Å²) in [6.07, 6.45) is 0.150. The molecule has 0 saturated carbocycles. The van der Waals surface area contributed by atoms with Crippen LogP contribution in [0.15, 0.2) is 41.8 Å². The van der Waals surface area contributed by atoms with Crippen molar-refractivity contribution in [2.45, 2.75) is 45.6 Å². The molecule has 0 N–H and O–H groups in total. The molecule has 0 radical (unpaired) electrons. The largest absolute Gasteiger partial charge is 0.449 e. The lowest BCUT2D eigenvalue weighted by Gasteiger charge is -2.17. The molecule has 1 aromatic heterocycles. The number of hydrogen-bond acceptors (Lipinski definition) is 4. The molecular weight excluding hydrogens is 308 g/mol. The molecule has 1 heterocycles. The third-order valence-electron chi connectivity index (χ3n) is 3.61. The second-order valence-electron chi connectivity index (χ2n) is 5.78. The highest BCUT2D eigenvalue weighted by Crippen LogP contribution is 2.27. The van der Waals surface area contributed by atoms with Crippen LogP contribution >= 0.6 is 11.3 Å². The molecule has 0 aliphatic rings. The first kappa shape index (κ1) is 17.4. The van der Waals surface area contributed by atoms with Crippen molar-refractivity contribution >= 4 is 23.1 Å². The van der Waals surface area contributed by atoms with Crippen molar-refractivity contribution in [2.75, 3.05) is 0 Å². The summed E-state index contributed by atoms with van der Waals surface area (Å²) in [4.78, 5) is 25.2. The van der Waals surface area contributed by atoms with E-state index in [9.17, 15) is 9.59 Å². The summed E-state index contributed by atoms with van der Waals surface area (Å²) < 4.78 is 5.48. The highest BCUT2D eigenvalue weighted by atomic mass is 32.1. The SMILES string of the molecule is CCCC(=O)O[C@H](C(=O)c1cccs1)c1ccc(C(C)C)cc1. The smallest absolute Gasteiger partial charge is 0.306 e. The van der Waals surface area contributed by atoms with E-state index in [0.29, 0.717) is 23.6 Å². The van der Waals surface area contributed by atoms with E-state index in [2.05, 4.69) is 13.8 Å². The third-order valence-corrected chi connectivity index (χ3v) is 4.50. The lowest BCUT2D eigenvalue weighted by Crippen LogP contribution is -2.19. The van der Waals surface area contributed by atoms with Gasteiger partial charge >= 0.3 is 5.97 Å². The zero-order valence-corrected chi connectivity index (χ0v) is 14.6. The molecule has 0 saturated heterocycles. The Labute approximate surface area is 141 Å². The molecule has 3 nitrogen and oxygen atoms in total. The van der Waals surface area contributed by atoms with Crippen molar-refractivity contribution in [3.05, 3.63) is 57.8 Å². The zero-order valence-electron chi connectivity index (χ0n) is 13.7. The predicted molar refractivity (Wildman–Crippen MR) is 92.9 cm³/mol. The maximum atomic E-state index is 12.7. The summed E-state index contributed by atoms with van der Waals surface area (Å²) in [6, 6.07) is 11.3. The predicted octanol–water partition coefficient (Wildman–Crippen LogP) is 5.14. The van der Waals surface area contributed by atoms with Gasteiger partial charge in [-0.2, -0.15) is 0 Å². The number of carbonyl (C=O) groups is 2. The molecule has 0 amide bonds. The Morgan fingerprint density at radius 1 is 1.09 bits per heavy atom. The van der Waals surface area contributed by atoms with Crippen LogP contribution in [0.5, 0.6) is 0 Å². The van der Waals surface area contributed by atoms with E-state index >= 15 is 0 Å². The summed E-state index contributed by atoms with van der Waals surface area (Å²) in [6.45, 7) is 6.14. The first-order valence-corrected chi connectivity index (χ1v) is 8.78. The maximum absolute atomic E-state index is 12.7. The van der Waals surface area contributed by atoms with Gasteiger partial charge in [-0.15, -0.1) is 11.3 Å².